The van der Waals surface area contributed by atoms with Gasteiger partial charge >= 0.3 is 0 Å². The Morgan fingerprint density at radius 2 is 2.00 bits per heavy atom. The molecule has 0 aliphatic rings. The van der Waals surface area contributed by atoms with E-state index in [0.717, 1.165) is 23.2 Å². The Balaban J connectivity index is 2.58. The fraction of sp³-hybridized carbons (Fsp3) is 0.286. The molecule has 1 aromatic heterocycles. The molecule has 1 heterocycles. The maximum Gasteiger partial charge on any atom is 0.161 e. The first-order valence-corrected chi connectivity index (χ1v) is 6.07. The van der Waals surface area contributed by atoms with E-state index >= 15 is 0 Å². The van der Waals surface area contributed by atoms with Gasteiger partial charge in [-0.2, -0.15) is 0 Å². The first-order valence-electron chi connectivity index (χ1n) is 6.07. The van der Waals surface area contributed by atoms with Gasteiger partial charge in [0.05, 0.1) is 0 Å². The van der Waals surface area contributed by atoms with Crippen LogP contribution in [0.1, 0.15) is 23.7 Å². The molecule has 4 nitrogen and oxygen atoms in total. The minimum Gasteiger partial charge on any atom is -0.308 e. The van der Waals surface area contributed by atoms with Crippen molar-refractivity contribution in [3.63, 3.8) is 0 Å². The molecule has 18 heavy (non-hydrogen) atoms. The number of nitrogens with two attached hydrogens (primary N) is 1. The normalized spacial score (nSPS) is 10.4. The third-order valence-corrected chi connectivity index (χ3v) is 2.99. The molecule has 3 N–H and O–H groups in total. The standard InChI is InChI=1S/C14H18N4/c1-4-12-10(3)13(18-15)17-14(16-12)11-7-5-6-9(2)8-11/h5-8H,4,15H2,1-3H3,(H,16,17,18). The Labute approximate surface area is 107 Å². The Morgan fingerprint density at radius 1 is 1.22 bits per heavy atom. The second-order valence-electron chi connectivity index (χ2n) is 4.33. The zero-order valence-electron chi connectivity index (χ0n) is 11.0. The Kier molecular flexibility index (Phi) is 3.58. The molecule has 0 atom stereocenters. The maximum absolute atomic E-state index is 5.51. The lowest BCUT2D eigenvalue weighted by atomic mass is 10.1. The molecular formula is C14H18N4. The van der Waals surface area contributed by atoms with Gasteiger partial charge in [-0.15, -0.1) is 0 Å². The number of anilines is 1. The molecule has 0 spiro atoms. The maximum atomic E-state index is 5.51. The van der Waals surface area contributed by atoms with E-state index in [2.05, 4.69) is 41.4 Å². The molecule has 0 saturated carbocycles. The van der Waals surface area contributed by atoms with Crippen LogP contribution in [0.5, 0.6) is 0 Å². The van der Waals surface area contributed by atoms with Gasteiger partial charge in [-0.3, -0.25) is 0 Å². The van der Waals surface area contributed by atoms with Crippen molar-refractivity contribution in [1.82, 2.24) is 9.97 Å². The van der Waals surface area contributed by atoms with Gasteiger partial charge < -0.3 is 5.43 Å². The number of nitrogen functional groups attached to an aromatic ring is 1. The van der Waals surface area contributed by atoms with Crippen molar-refractivity contribution in [2.75, 3.05) is 5.43 Å². The summed E-state index contributed by atoms with van der Waals surface area (Å²) in [6, 6.07) is 8.15. The van der Waals surface area contributed by atoms with E-state index in [4.69, 9.17) is 5.84 Å². The smallest absolute Gasteiger partial charge is 0.161 e. The topological polar surface area (TPSA) is 63.8 Å². The molecule has 0 bridgehead atoms. The number of hydrazine groups is 1. The van der Waals surface area contributed by atoms with Crippen molar-refractivity contribution in [1.29, 1.82) is 0 Å². The summed E-state index contributed by atoms with van der Waals surface area (Å²) in [7, 11) is 0. The van der Waals surface area contributed by atoms with Gasteiger partial charge in [0.1, 0.15) is 5.82 Å². The van der Waals surface area contributed by atoms with Crippen molar-refractivity contribution < 1.29 is 0 Å². The first-order chi connectivity index (χ1) is 8.65. The average Bonchev–Trinajstić information content (AvgIpc) is 2.39. The molecular weight excluding hydrogens is 224 g/mol. The zero-order chi connectivity index (χ0) is 13.1. The molecule has 0 saturated heterocycles. The van der Waals surface area contributed by atoms with E-state index in [1.165, 1.54) is 5.56 Å². The van der Waals surface area contributed by atoms with Crippen LogP contribution in [-0.4, -0.2) is 9.97 Å². The predicted octanol–water partition coefficient (Wildman–Crippen LogP) is 2.61. The lowest BCUT2D eigenvalue weighted by molar-refractivity contribution is 0.973. The van der Waals surface area contributed by atoms with Gasteiger partial charge in [0.2, 0.25) is 0 Å². The van der Waals surface area contributed by atoms with E-state index in [0.29, 0.717) is 11.6 Å². The van der Waals surface area contributed by atoms with Crippen molar-refractivity contribution in [2.24, 2.45) is 5.84 Å². The minimum absolute atomic E-state index is 0.693. The number of hydrogen-bond donors (Lipinski definition) is 2. The summed E-state index contributed by atoms with van der Waals surface area (Å²) in [6.45, 7) is 6.12. The second-order valence-corrected chi connectivity index (χ2v) is 4.33. The van der Waals surface area contributed by atoms with E-state index < -0.39 is 0 Å². The van der Waals surface area contributed by atoms with E-state index in [1.54, 1.807) is 0 Å². The molecule has 1 aromatic carbocycles. The zero-order valence-corrected chi connectivity index (χ0v) is 11.0. The average molecular weight is 242 g/mol. The molecule has 0 fully saturated rings. The number of benzene rings is 1. The molecule has 0 aliphatic carbocycles. The van der Waals surface area contributed by atoms with Gasteiger partial charge in [0.15, 0.2) is 5.82 Å². The van der Waals surface area contributed by atoms with Gasteiger partial charge in [0, 0.05) is 16.8 Å². The van der Waals surface area contributed by atoms with Crippen LogP contribution in [0.2, 0.25) is 0 Å². The van der Waals surface area contributed by atoms with Crippen LogP contribution in [0, 0.1) is 13.8 Å². The van der Waals surface area contributed by atoms with Crippen LogP contribution in [0.4, 0.5) is 5.82 Å². The highest BCUT2D eigenvalue weighted by Crippen LogP contribution is 2.22. The number of hydrogen-bond acceptors (Lipinski definition) is 4. The Hall–Kier alpha value is -1.94. The van der Waals surface area contributed by atoms with Crippen LogP contribution >= 0.6 is 0 Å². The van der Waals surface area contributed by atoms with Crippen LogP contribution in [0.15, 0.2) is 24.3 Å². The number of aromatic nitrogens is 2. The highest BCUT2D eigenvalue weighted by atomic mass is 15.3. The molecule has 0 unspecified atom stereocenters. The van der Waals surface area contributed by atoms with Gasteiger partial charge in [-0.05, 0) is 26.3 Å². The third-order valence-electron chi connectivity index (χ3n) is 2.99. The third kappa shape index (κ3) is 2.33. The summed E-state index contributed by atoms with van der Waals surface area (Å²) in [5, 5.41) is 0. The summed E-state index contributed by atoms with van der Waals surface area (Å²) in [4.78, 5) is 9.07. The summed E-state index contributed by atoms with van der Waals surface area (Å²) in [5.41, 5.74) is 6.88. The van der Waals surface area contributed by atoms with Crippen molar-refractivity contribution in [2.45, 2.75) is 27.2 Å². The highest BCUT2D eigenvalue weighted by Gasteiger charge is 2.10. The summed E-state index contributed by atoms with van der Waals surface area (Å²) in [5.74, 6) is 6.92. The largest absolute Gasteiger partial charge is 0.308 e. The van der Waals surface area contributed by atoms with Gasteiger partial charge in [0.25, 0.3) is 0 Å². The number of nitrogens with one attached hydrogen (secondary N) is 1. The summed E-state index contributed by atoms with van der Waals surface area (Å²) in [6.07, 6.45) is 0.863. The molecule has 0 aliphatic heterocycles. The number of rotatable bonds is 3. The predicted molar refractivity (Wildman–Crippen MR) is 74.1 cm³/mol. The molecule has 4 heteroatoms. The lowest BCUT2D eigenvalue weighted by Gasteiger charge is -2.11. The van der Waals surface area contributed by atoms with Crippen LogP contribution in [0.25, 0.3) is 11.4 Å². The van der Waals surface area contributed by atoms with Gasteiger partial charge in [-0.1, -0.05) is 30.7 Å². The van der Waals surface area contributed by atoms with Crippen molar-refractivity contribution >= 4 is 5.82 Å². The van der Waals surface area contributed by atoms with Crippen molar-refractivity contribution in [3.8, 4) is 11.4 Å². The van der Waals surface area contributed by atoms with Crippen LogP contribution < -0.4 is 11.3 Å². The summed E-state index contributed by atoms with van der Waals surface area (Å²) < 4.78 is 0. The quantitative estimate of drug-likeness (QED) is 0.641. The van der Waals surface area contributed by atoms with Crippen LogP contribution in [0.3, 0.4) is 0 Å². The second kappa shape index (κ2) is 5.14. The Bertz CT molecular complexity index is 538. The van der Waals surface area contributed by atoms with E-state index in [9.17, 15) is 0 Å². The SMILES string of the molecule is CCc1nc(-c2cccc(C)c2)nc(NN)c1C. The number of aryl methyl sites for hydroxylation is 2. The molecule has 0 amide bonds. The lowest BCUT2D eigenvalue weighted by Crippen LogP contribution is -2.13. The van der Waals surface area contributed by atoms with Crippen LogP contribution in [-0.2, 0) is 6.42 Å². The first kappa shape index (κ1) is 12.5. The summed E-state index contributed by atoms with van der Waals surface area (Å²) >= 11 is 0. The van der Waals surface area contributed by atoms with E-state index in [-0.39, 0.29) is 0 Å². The monoisotopic (exact) mass is 242 g/mol. The fourth-order valence-electron chi connectivity index (χ4n) is 1.96. The number of nitrogens with zero attached hydrogens (tertiary/aromatic N) is 2. The highest BCUT2D eigenvalue weighted by molar-refractivity contribution is 5.60. The Morgan fingerprint density at radius 3 is 2.61 bits per heavy atom. The molecule has 0 radical (unpaired) electrons. The van der Waals surface area contributed by atoms with Gasteiger partial charge in [-0.25, -0.2) is 15.8 Å². The minimum atomic E-state index is 0.693. The molecule has 2 rings (SSSR count). The van der Waals surface area contributed by atoms with E-state index in [1.807, 2.05) is 19.1 Å². The fourth-order valence-corrected chi connectivity index (χ4v) is 1.96. The molecule has 94 valence electrons. The molecule has 2 aromatic rings. The van der Waals surface area contributed by atoms with Crippen molar-refractivity contribution in [3.05, 3.63) is 41.1 Å².